The number of unbranched alkanes of at least 4 members (excludes halogenated alkanes) is 2. The Morgan fingerprint density at radius 1 is 0.735 bits per heavy atom. The highest BCUT2D eigenvalue weighted by Gasteiger charge is 2.34. The molecule has 2 aliphatic carbocycles. The zero-order chi connectivity index (χ0) is 24.1. The van der Waals surface area contributed by atoms with Crippen molar-refractivity contribution in [2.45, 2.75) is 96.1 Å². The fourth-order valence-corrected chi connectivity index (χ4v) is 6.43. The summed E-state index contributed by atoms with van der Waals surface area (Å²) < 4.78 is 52.4. The molecule has 0 heterocycles. The van der Waals surface area contributed by atoms with E-state index < -0.39 is 17.6 Å². The molecule has 0 radical (unpaired) electrons. The van der Waals surface area contributed by atoms with Crippen LogP contribution in [0.3, 0.4) is 0 Å². The summed E-state index contributed by atoms with van der Waals surface area (Å²) in [5, 5.41) is 0. The largest absolute Gasteiger partial charge is 0.419 e. The average Bonchev–Trinajstić information content (AvgIpc) is 2.84. The third-order valence-electron chi connectivity index (χ3n) is 8.54. The van der Waals surface area contributed by atoms with E-state index >= 15 is 0 Å². The molecule has 186 valence electrons. The summed E-state index contributed by atoms with van der Waals surface area (Å²) >= 11 is 0. The minimum absolute atomic E-state index is 0.478. The van der Waals surface area contributed by atoms with Crippen molar-refractivity contribution >= 4 is 0 Å². The van der Waals surface area contributed by atoms with Crippen molar-refractivity contribution < 1.29 is 17.6 Å². The first-order chi connectivity index (χ1) is 16.3. The molecule has 2 saturated carbocycles. The van der Waals surface area contributed by atoms with Gasteiger partial charge in [-0.3, -0.25) is 0 Å². The highest BCUT2D eigenvalue weighted by atomic mass is 19.4. The molecular formula is C30H38F4. The standard InChI is InChI=1S/C30H38F4/c1-2-3-4-5-21-6-8-22(9-7-21)23-10-12-24(13-11-23)25-14-16-26(17-15-25)27-18-19-28(29(31)20-27)30(32,33)34/h14-24H,2-13H2,1H3. The lowest BCUT2D eigenvalue weighted by atomic mass is 9.68. The molecule has 0 bridgehead atoms. The maximum absolute atomic E-state index is 14.0. The second-order valence-corrected chi connectivity index (χ2v) is 10.7. The van der Waals surface area contributed by atoms with Crippen LogP contribution >= 0.6 is 0 Å². The van der Waals surface area contributed by atoms with Crippen LogP contribution in [-0.4, -0.2) is 0 Å². The molecular weight excluding hydrogens is 436 g/mol. The predicted molar refractivity (Wildman–Crippen MR) is 131 cm³/mol. The van der Waals surface area contributed by atoms with Crippen molar-refractivity contribution in [3.05, 3.63) is 59.4 Å². The van der Waals surface area contributed by atoms with Crippen molar-refractivity contribution in [2.75, 3.05) is 0 Å². The number of hydrogen-bond acceptors (Lipinski definition) is 0. The fraction of sp³-hybridized carbons (Fsp3) is 0.600. The number of rotatable bonds is 7. The van der Waals surface area contributed by atoms with Crippen LogP contribution < -0.4 is 0 Å². The molecule has 0 N–H and O–H groups in total. The van der Waals surface area contributed by atoms with Gasteiger partial charge in [0.1, 0.15) is 5.82 Å². The third-order valence-corrected chi connectivity index (χ3v) is 8.54. The molecule has 2 aromatic carbocycles. The molecule has 34 heavy (non-hydrogen) atoms. The summed E-state index contributed by atoms with van der Waals surface area (Å²) in [6.45, 7) is 2.28. The van der Waals surface area contributed by atoms with Gasteiger partial charge in [-0.15, -0.1) is 0 Å². The van der Waals surface area contributed by atoms with Gasteiger partial charge in [0.2, 0.25) is 0 Å². The second kappa shape index (κ2) is 11.3. The van der Waals surface area contributed by atoms with Crippen LogP contribution in [0.2, 0.25) is 0 Å². The molecule has 2 fully saturated rings. The Morgan fingerprint density at radius 3 is 1.88 bits per heavy atom. The van der Waals surface area contributed by atoms with Crippen molar-refractivity contribution in [1.29, 1.82) is 0 Å². The lowest BCUT2D eigenvalue weighted by Gasteiger charge is -2.38. The van der Waals surface area contributed by atoms with Crippen molar-refractivity contribution in [2.24, 2.45) is 17.8 Å². The molecule has 0 unspecified atom stereocenters. The first-order valence-corrected chi connectivity index (χ1v) is 13.3. The van der Waals surface area contributed by atoms with Gasteiger partial charge in [0.15, 0.2) is 0 Å². The van der Waals surface area contributed by atoms with E-state index in [1.54, 1.807) is 0 Å². The van der Waals surface area contributed by atoms with Gasteiger partial charge < -0.3 is 0 Å². The Bertz CT molecular complexity index is 898. The van der Waals surface area contributed by atoms with Gasteiger partial charge in [-0.25, -0.2) is 4.39 Å². The summed E-state index contributed by atoms with van der Waals surface area (Å²) in [6.07, 6.45) is 11.6. The van der Waals surface area contributed by atoms with Gasteiger partial charge in [0.25, 0.3) is 0 Å². The minimum Gasteiger partial charge on any atom is -0.206 e. The van der Waals surface area contributed by atoms with Crippen molar-refractivity contribution in [1.82, 2.24) is 0 Å². The molecule has 4 rings (SSSR count). The highest BCUT2D eigenvalue weighted by molar-refractivity contribution is 5.64. The first-order valence-electron chi connectivity index (χ1n) is 13.3. The van der Waals surface area contributed by atoms with Crippen LogP contribution in [0.1, 0.15) is 101 Å². The van der Waals surface area contributed by atoms with Crippen molar-refractivity contribution in [3.63, 3.8) is 0 Å². The van der Waals surface area contributed by atoms with E-state index in [9.17, 15) is 17.6 Å². The van der Waals surface area contributed by atoms with Crippen LogP contribution in [-0.2, 0) is 6.18 Å². The molecule has 0 aromatic heterocycles. The third kappa shape index (κ3) is 6.23. The molecule has 2 aliphatic rings. The Balaban J connectivity index is 1.28. The van der Waals surface area contributed by atoms with Gasteiger partial charge >= 0.3 is 6.18 Å². The molecule has 2 aromatic rings. The van der Waals surface area contributed by atoms with E-state index in [0.29, 0.717) is 11.5 Å². The molecule has 0 amide bonds. The van der Waals surface area contributed by atoms with E-state index in [1.807, 2.05) is 12.1 Å². The highest BCUT2D eigenvalue weighted by Crippen LogP contribution is 2.45. The zero-order valence-corrected chi connectivity index (χ0v) is 20.3. The van der Waals surface area contributed by atoms with Crippen LogP contribution in [0.5, 0.6) is 0 Å². The molecule has 0 aliphatic heterocycles. The summed E-state index contributed by atoms with van der Waals surface area (Å²) in [5.74, 6) is 2.10. The maximum Gasteiger partial charge on any atom is 0.419 e. The summed E-state index contributed by atoms with van der Waals surface area (Å²) in [6, 6.07) is 11.2. The number of hydrogen-bond donors (Lipinski definition) is 0. The quantitative estimate of drug-likeness (QED) is 0.277. The molecule has 0 spiro atoms. The van der Waals surface area contributed by atoms with E-state index in [2.05, 4.69) is 19.1 Å². The van der Waals surface area contributed by atoms with E-state index in [4.69, 9.17) is 0 Å². The predicted octanol–water partition coefficient (Wildman–Crippen LogP) is 10.2. The summed E-state index contributed by atoms with van der Waals surface area (Å²) in [5.41, 5.74) is 1.32. The number of halogens is 4. The SMILES string of the molecule is CCCCCC1CCC(C2CCC(c3ccc(-c4ccc(C(F)(F)F)c(F)c4)cc3)CC2)CC1. The van der Waals surface area contributed by atoms with Gasteiger partial charge in [0, 0.05) is 0 Å². The Hall–Kier alpha value is -1.84. The Kier molecular flexibility index (Phi) is 8.37. The van der Waals surface area contributed by atoms with Gasteiger partial charge in [0.05, 0.1) is 5.56 Å². The lowest BCUT2D eigenvalue weighted by Crippen LogP contribution is -2.25. The molecule has 4 heteroatoms. The maximum atomic E-state index is 14.0. The van der Waals surface area contributed by atoms with Gasteiger partial charge in [-0.1, -0.05) is 75.8 Å². The molecule has 0 atom stereocenters. The minimum atomic E-state index is -4.67. The molecule has 0 saturated heterocycles. The van der Waals surface area contributed by atoms with Crippen LogP contribution in [0.25, 0.3) is 11.1 Å². The smallest absolute Gasteiger partial charge is 0.206 e. The van der Waals surface area contributed by atoms with Crippen molar-refractivity contribution in [3.8, 4) is 11.1 Å². The normalized spacial score (nSPS) is 25.9. The van der Waals surface area contributed by atoms with Crippen LogP contribution in [0.15, 0.2) is 42.5 Å². The van der Waals surface area contributed by atoms with Crippen LogP contribution in [0, 0.1) is 23.6 Å². The average molecular weight is 475 g/mol. The number of benzene rings is 2. The Morgan fingerprint density at radius 2 is 1.32 bits per heavy atom. The summed E-state index contributed by atoms with van der Waals surface area (Å²) in [4.78, 5) is 0. The van der Waals surface area contributed by atoms with E-state index in [0.717, 1.165) is 35.4 Å². The van der Waals surface area contributed by atoms with Gasteiger partial charge in [-0.2, -0.15) is 13.2 Å². The lowest BCUT2D eigenvalue weighted by molar-refractivity contribution is -0.139. The summed E-state index contributed by atoms with van der Waals surface area (Å²) in [7, 11) is 0. The van der Waals surface area contributed by atoms with Gasteiger partial charge in [-0.05, 0) is 91.0 Å². The van der Waals surface area contributed by atoms with Crippen LogP contribution in [0.4, 0.5) is 17.6 Å². The number of alkyl halides is 3. The van der Waals surface area contributed by atoms with E-state index in [-0.39, 0.29) is 0 Å². The molecule has 0 nitrogen and oxygen atoms in total. The second-order valence-electron chi connectivity index (χ2n) is 10.7. The topological polar surface area (TPSA) is 0 Å². The Labute approximate surface area is 202 Å². The zero-order valence-electron chi connectivity index (χ0n) is 20.3. The van der Waals surface area contributed by atoms with E-state index in [1.165, 1.54) is 88.7 Å². The first kappa shape index (κ1) is 25.3. The monoisotopic (exact) mass is 474 g/mol. The fourth-order valence-electron chi connectivity index (χ4n) is 6.43.